The Labute approximate surface area is 164 Å². The van der Waals surface area contributed by atoms with Crippen LogP contribution in [0.25, 0.3) is 0 Å². The highest BCUT2D eigenvalue weighted by molar-refractivity contribution is 5.81. The van der Waals surface area contributed by atoms with E-state index in [-0.39, 0.29) is 39.6 Å². The van der Waals surface area contributed by atoms with Gasteiger partial charge in [0.05, 0.1) is 52.9 Å². The highest BCUT2D eigenvalue weighted by Crippen LogP contribution is 1.91. The van der Waals surface area contributed by atoms with Crippen LogP contribution in [0.3, 0.4) is 0 Å². The molecule has 0 heterocycles. The van der Waals surface area contributed by atoms with Crippen molar-refractivity contribution in [2.75, 3.05) is 66.1 Å². The van der Waals surface area contributed by atoms with E-state index >= 15 is 0 Å². The van der Waals surface area contributed by atoms with Crippen molar-refractivity contribution >= 4 is 11.9 Å². The summed E-state index contributed by atoms with van der Waals surface area (Å²) in [5, 5.41) is 19.0. The lowest BCUT2D eigenvalue weighted by molar-refractivity contribution is -0.142. The molecule has 10 heteroatoms. The lowest BCUT2D eigenvalue weighted by atomic mass is 10.4. The van der Waals surface area contributed by atoms with Crippen molar-refractivity contribution in [3.05, 3.63) is 25.3 Å². The average Bonchev–Trinajstić information content (AvgIpc) is 2.70. The van der Waals surface area contributed by atoms with Crippen LogP contribution in [0.4, 0.5) is 0 Å². The molecule has 0 aliphatic heterocycles. The van der Waals surface area contributed by atoms with Crippen molar-refractivity contribution in [2.45, 2.75) is 12.2 Å². The SMILES string of the molecule is C=CC(=O)OCC(O)COCCOCCOCCOCC(O)COC(=O)C=C. The summed E-state index contributed by atoms with van der Waals surface area (Å²) in [6.45, 7) is 8.18. The van der Waals surface area contributed by atoms with Crippen molar-refractivity contribution in [3.63, 3.8) is 0 Å². The number of aliphatic hydroxyl groups is 2. The maximum Gasteiger partial charge on any atom is 0.330 e. The van der Waals surface area contributed by atoms with Gasteiger partial charge in [-0.05, 0) is 0 Å². The highest BCUT2D eigenvalue weighted by atomic mass is 16.6. The van der Waals surface area contributed by atoms with E-state index in [1.165, 1.54) is 0 Å². The molecule has 0 aromatic heterocycles. The largest absolute Gasteiger partial charge is 0.460 e. The van der Waals surface area contributed by atoms with Gasteiger partial charge in [-0.2, -0.15) is 0 Å². The summed E-state index contributed by atoms with van der Waals surface area (Å²) in [5.74, 6) is -1.20. The Kier molecular flexibility index (Phi) is 17.3. The lowest BCUT2D eigenvalue weighted by Crippen LogP contribution is -2.24. The van der Waals surface area contributed by atoms with Gasteiger partial charge in [0.1, 0.15) is 25.4 Å². The molecule has 2 unspecified atom stereocenters. The van der Waals surface area contributed by atoms with E-state index in [1.807, 2.05) is 0 Å². The van der Waals surface area contributed by atoms with Gasteiger partial charge in [0.15, 0.2) is 0 Å². The number of esters is 2. The zero-order valence-electron chi connectivity index (χ0n) is 16.0. The summed E-state index contributed by atoms with van der Waals surface area (Å²) in [7, 11) is 0. The number of aliphatic hydroxyl groups excluding tert-OH is 2. The average molecular weight is 406 g/mol. The number of ether oxygens (including phenoxy) is 6. The van der Waals surface area contributed by atoms with Crippen LogP contribution in [0.15, 0.2) is 25.3 Å². The standard InChI is InChI=1S/C18H30O10/c1-3-17(21)27-13-15(19)11-25-9-7-23-5-6-24-8-10-26-12-16(20)14-28-18(22)4-2/h3-4,15-16,19-20H,1-2,5-14H2. The Morgan fingerprint density at radius 3 is 1.29 bits per heavy atom. The van der Waals surface area contributed by atoms with Crippen LogP contribution >= 0.6 is 0 Å². The fourth-order valence-electron chi connectivity index (χ4n) is 1.57. The molecule has 0 aliphatic rings. The smallest absolute Gasteiger partial charge is 0.330 e. The predicted octanol–water partition coefficient (Wildman–Crippen LogP) is -0.767. The van der Waals surface area contributed by atoms with E-state index in [1.54, 1.807) is 0 Å². The zero-order chi connectivity index (χ0) is 21.0. The molecule has 10 nitrogen and oxygen atoms in total. The molecule has 0 amide bonds. The summed E-state index contributed by atoms with van der Waals surface area (Å²) in [4.78, 5) is 21.6. The topological polar surface area (TPSA) is 130 Å². The first kappa shape index (κ1) is 26.2. The molecule has 0 aromatic rings. The molecule has 162 valence electrons. The maximum absolute atomic E-state index is 10.8. The molecule has 2 N–H and O–H groups in total. The van der Waals surface area contributed by atoms with E-state index in [0.29, 0.717) is 26.4 Å². The van der Waals surface area contributed by atoms with Gasteiger partial charge in [-0.25, -0.2) is 9.59 Å². The second-order valence-corrected chi connectivity index (χ2v) is 5.35. The van der Waals surface area contributed by atoms with Crippen LogP contribution in [-0.2, 0) is 38.0 Å². The minimum absolute atomic E-state index is 0.0280. The van der Waals surface area contributed by atoms with Crippen molar-refractivity contribution in [2.24, 2.45) is 0 Å². The van der Waals surface area contributed by atoms with Crippen LogP contribution in [0.2, 0.25) is 0 Å². The minimum atomic E-state index is -0.903. The Morgan fingerprint density at radius 1 is 0.643 bits per heavy atom. The minimum Gasteiger partial charge on any atom is -0.460 e. The Morgan fingerprint density at radius 2 is 0.964 bits per heavy atom. The lowest BCUT2D eigenvalue weighted by Gasteiger charge is -2.12. The molecule has 0 saturated heterocycles. The molecular formula is C18H30O10. The first-order valence-corrected chi connectivity index (χ1v) is 8.75. The van der Waals surface area contributed by atoms with Crippen LogP contribution < -0.4 is 0 Å². The van der Waals surface area contributed by atoms with Gasteiger partial charge in [0, 0.05) is 12.2 Å². The molecule has 0 saturated carbocycles. The van der Waals surface area contributed by atoms with Crippen LogP contribution in [0.5, 0.6) is 0 Å². The predicted molar refractivity (Wildman–Crippen MR) is 97.6 cm³/mol. The third kappa shape index (κ3) is 17.6. The van der Waals surface area contributed by atoms with E-state index in [0.717, 1.165) is 12.2 Å². The number of carbonyl (C=O) groups excluding carboxylic acids is 2. The van der Waals surface area contributed by atoms with Crippen LogP contribution in [0, 0.1) is 0 Å². The zero-order valence-corrected chi connectivity index (χ0v) is 16.0. The molecular weight excluding hydrogens is 376 g/mol. The summed E-state index contributed by atoms with van der Waals surface area (Å²) in [5.41, 5.74) is 0. The van der Waals surface area contributed by atoms with Gasteiger partial charge in [-0.1, -0.05) is 13.2 Å². The Bertz CT molecular complexity index is 400. The van der Waals surface area contributed by atoms with Gasteiger partial charge in [-0.15, -0.1) is 0 Å². The summed E-state index contributed by atoms with van der Waals surface area (Å²) in [6, 6.07) is 0. The fourth-order valence-corrected chi connectivity index (χ4v) is 1.57. The molecule has 0 aliphatic carbocycles. The number of hydrogen-bond donors (Lipinski definition) is 2. The van der Waals surface area contributed by atoms with E-state index in [4.69, 9.17) is 18.9 Å². The first-order chi connectivity index (χ1) is 13.5. The second-order valence-electron chi connectivity index (χ2n) is 5.35. The monoisotopic (exact) mass is 406 g/mol. The summed E-state index contributed by atoms with van der Waals surface area (Å²) < 4.78 is 30.2. The number of hydrogen-bond acceptors (Lipinski definition) is 10. The van der Waals surface area contributed by atoms with Gasteiger partial charge in [0.2, 0.25) is 0 Å². The van der Waals surface area contributed by atoms with Crippen LogP contribution in [-0.4, -0.2) is 100 Å². The molecule has 0 bridgehead atoms. The molecule has 0 radical (unpaired) electrons. The van der Waals surface area contributed by atoms with Crippen molar-refractivity contribution < 1.29 is 48.2 Å². The second kappa shape index (κ2) is 18.5. The highest BCUT2D eigenvalue weighted by Gasteiger charge is 2.07. The fraction of sp³-hybridized carbons (Fsp3) is 0.667. The quantitative estimate of drug-likeness (QED) is 0.160. The summed E-state index contributed by atoms with van der Waals surface area (Å²) >= 11 is 0. The number of carbonyl (C=O) groups is 2. The molecule has 0 aromatic carbocycles. The van der Waals surface area contributed by atoms with Crippen molar-refractivity contribution in [1.82, 2.24) is 0 Å². The third-order valence-corrected chi connectivity index (χ3v) is 2.91. The van der Waals surface area contributed by atoms with E-state index < -0.39 is 24.1 Å². The van der Waals surface area contributed by atoms with Gasteiger partial charge in [0.25, 0.3) is 0 Å². The van der Waals surface area contributed by atoms with E-state index in [9.17, 15) is 19.8 Å². The van der Waals surface area contributed by atoms with Crippen molar-refractivity contribution in [3.8, 4) is 0 Å². The number of rotatable bonds is 19. The van der Waals surface area contributed by atoms with Crippen LogP contribution in [0.1, 0.15) is 0 Å². The first-order valence-electron chi connectivity index (χ1n) is 8.75. The Balaban J connectivity index is 3.29. The van der Waals surface area contributed by atoms with E-state index in [2.05, 4.69) is 22.6 Å². The normalized spacial score (nSPS) is 12.8. The van der Waals surface area contributed by atoms with Gasteiger partial charge < -0.3 is 38.6 Å². The molecule has 0 fully saturated rings. The van der Waals surface area contributed by atoms with Gasteiger partial charge >= 0.3 is 11.9 Å². The third-order valence-electron chi connectivity index (χ3n) is 2.91. The molecule has 0 rings (SSSR count). The van der Waals surface area contributed by atoms with Gasteiger partial charge in [-0.3, -0.25) is 0 Å². The molecule has 0 spiro atoms. The molecule has 2 atom stereocenters. The maximum atomic E-state index is 10.8. The summed E-state index contributed by atoms with van der Waals surface area (Å²) in [6.07, 6.45) is 0.227. The Hall–Kier alpha value is -1.82. The van der Waals surface area contributed by atoms with Crippen molar-refractivity contribution in [1.29, 1.82) is 0 Å². The molecule has 28 heavy (non-hydrogen) atoms.